The number of fused-ring (bicyclic) bond motifs is 1. The van der Waals surface area contributed by atoms with Crippen LogP contribution in [0.5, 0.6) is 0 Å². The molecule has 126 valence electrons. The molecule has 1 aromatic carbocycles. The molecule has 1 aromatic heterocycles. The summed E-state index contributed by atoms with van der Waals surface area (Å²) in [5.41, 5.74) is 2.36. The predicted octanol–water partition coefficient (Wildman–Crippen LogP) is 3.34. The van der Waals surface area contributed by atoms with Crippen molar-refractivity contribution in [3.05, 3.63) is 41.6 Å². The smallest absolute Gasteiger partial charge is 0.308 e. The Bertz CT molecular complexity index is 768. The van der Waals surface area contributed by atoms with Gasteiger partial charge in [-0.15, -0.1) is 0 Å². The molecular formula is C19H22N2O3. The molecule has 0 radical (unpaired) electrons. The van der Waals surface area contributed by atoms with Crippen molar-refractivity contribution in [1.29, 1.82) is 0 Å². The summed E-state index contributed by atoms with van der Waals surface area (Å²) in [7, 11) is 0. The summed E-state index contributed by atoms with van der Waals surface area (Å²) >= 11 is 0. The molecule has 0 aliphatic heterocycles. The number of amides is 1. The maximum atomic E-state index is 12.7. The molecule has 2 aromatic rings. The van der Waals surface area contributed by atoms with Gasteiger partial charge in [0.25, 0.3) is 5.91 Å². The fraction of sp³-hybridized carbons (Fsp3) is 0.421. The zero-order chi connectivity index (χ0) is 17.1. The van der Waals surface area contributed by atoms with Crippen LogP contribution in [0.1, 0.15) is 54.6 Å². The Morgan fingerprint density at radius 2 is 2.08 bits per heavy atom. The Labute approximate surface area is 141 Å². The van der Waals surface area contributed by atoms with Crippen molar-refractivity contribution < 1.29 is 14.7 Å². The molecular weight excluding hydrogens is 304 g/mol. The molecule has 3 rings (SSSR count). The van der Waals surface area contributed by atoms with Gasteiger partial charge in [0.15, 0.2) is 0 Å². The third kappa shape index (κ3) is 3.55. The minimum Gasteiger partial charge on any atom is -0.481 e. The number of carbonyl (C=O) groups excluding carboxylic acids is 1. The van der Waals surface area contributed by atoms with Gasteiger partial charge in [-0.25, -0.2) is 0 Å². The lowest BCUT2D eigenvalue weighted by atomic mass is 10.0. The van der Waals surface area contributed by atoms with Crippen LogP contribution in [0.4, 0.5) is 0 Å². The van der Waals surface area contributed by atoms with Crippen molar-refractivity contribution in [2.45, 2.75) is 38.5 Å². The summed E-state index contributed by atoms with van der Waals surface area (Å²) < 4.78 is 0. The first-order valence-electron chi connectivity index (χ1n) is 8.50. The number of hydrogen-bond acceptors (Lipinski definition) is 3. The lowest BCUT2D eigenvalue weighted by Crippen LogP contribution is -2.33. The molecule has 0 bridgehead atoms. The second kappa shape index (κ2) is 6.99. The van der Waals surface area contributed by atoms with Gasteiger partial charge in [0.05, 0.1) is 17.0 Å². The van der Waals surface area contributed by atoms with Crippen LogP contribution in [0.2, 0.25) is 0 Å². The number of aliphatic carboxylic acids is 1. The molecule has 1 aliphatic carbocycles. The largest absolute Gasteiger partial charge is 0.481 e. The first-order chi connectivity index (χ1) is 11.6. The van der Waals surface area contributed by atoms with E-state index in [0.29, 0.717) is 17.9 Å². The van der Waals surface area contributed by atoms with E-state index in [1.165, 1.54) is 0 Å². The van der Waals surface area contributed by atoms with E-state index >= 15 is 0 Å². The Morgan fingerprint density at radius 1 is 1.33 bits per heavy atom. The van der Waals surface area contributed by atoms with E-state index < -0.39 is 11.9 Å². The minimum atomic E-state index is -0.865. The van der Waals surface area contributed by atoms with E-state index in [2.05, 4.69) is 10.3 Å². The average molecular weight is 326 g/mol. The number of carboxylic acids is 1. The monoisotopic (exact) mass is 326 g/mol. The summed E-state index contributed by atoms with van der Waals surface area (Å²) in [5.74, 6) is -1.18. The summed E-state index contributed by atoms with van der Waals surface area (Å²) in [6, 6.07) is 9.46. The van der Waals surface area contributed by atoms with E-state index in [1.807, 2.05) is 37.3 Å². The van der Waals surface area contributed by atoms with E-state index in [4.69, 9.17) is 0 Å². The molecule has 0 saturated heterocycles. The molecule has 1 heterocycles. The molecule has 1 saturated carbocycles. The SMILES string of the molecule is CCCC(CNC(=O)c1cc(C2CC2)nc2ccccc12)C(=O)O. The van der Waals surface area contributed by atoms with Crippen LogP contribution in [-0.2, 0) is 4.79 Å². The second-order valence-corrected chi connectivity index (χ2v) is 6.42. The van der Waals surface area contributed by atoms with Crippen molar-refractivity contribution >= 4 is 22.8 Å². The van der Waals surface area contributed by atoms with E-state index in [-0.39, 0.29) is 12.5 Å². The predicted molar refractivity (Wildman–Crippen MR) is 92.1 cm³/mol. The van der Waals surface area contributed by atoms with Gasteiger partial charge < -0.3 is 10.4 Å². The number of para-hydroxylation sites is 1. The van der Waals surface area contributed by atoms with Crippen LogP contribution in [0.3, 0.4) is 0 Å². The zero-order valence-corrected chi connectivity index (χ0v) is 13.8. The zero-order valence-electron chi connectivity index (χ0n) is 13.8. The van der Waals surface area contributed by atoms with Crippen molar-refractivity contribution in [2.75, 3.05) is 6.54 Å². The quantitative estimate of drug-likeness (QED) is 0.818. The van der Waals surface area contributed by atoms with Crippen LogP contribution in [0.15, 0.2) is 30.3 Å². The molecule has 1 unspecified atom stereocenters. The van der Waals surface area contributed by atoms with Crippen LogP contribution in [0.25, 0.3) is 10.9 Å². The summed E-state index contributed by atoms with van der Waals surface area (Å²) in [6.45, 7) is 2.09. The van der Waals surface area contributed by atoms with Crippen LogP contribution in [0, 0.1) is 5.92 Å². The number of carboxylic acid groups (broad SMARTS) is 1. The third-order valence-electron chi connectivity index (χ3n) is 4.47. The van der Waals surface area contributed by atoms with Crippen LogP contribution >= 0.6 is 0 Å². The highest BCUT2D eigenvalue weighted by Gasteiger charge is 2.27. The van der Waals surface area contributed by atoms with E-state index in [9.17, 15) is 14.7 Å². The van der Waals surface area contributed by atoms with Crippen molar-refractivity contribution in [2.24, 2.45) is 5.92 Å². The van der Waals surface area contributed by atoms with E-state index in [1.54, 1.807) is 0 Å². The van der Waals surface area contributed by atoms with Crippen molar-refractivity contribution in [1.82, 2.24) is 10.3 Å². The maximum Gasteiger partial charge on any atom is 0.308 e. The normalized spacial score (nSPS) is 15.2. The topological polar surface area (TPSA) is 79.3 Å². The first kappa shape index (κ1) is 16.4. The molecule has 24 heavy (non-hydrogen) atoms. The lowest BCUT2D eigenvalue weighted by Gasteiger charge is -2.14. The molecule has 5 heteroatoms. The summed E-state index contributed by atoms with van der Waals surface area (Å²) in [4.78, 5) is 28.6. The number of nitrogens with one attached hydrogen (secondary N) is 1. The van der Waals surface area contributed by atoms with Gasteiger partial charge in [0.2, 0.25) is 0 Å². The summed E-state index contributed by atoms with van der Waals surface area (Å²) in [6.07, 6.45) is 3.56. The van der Waals surface area contributed by atoms with Crippen molar-refractivity contribution in [3.8, 4) is 0 Å². The minimum absolute atomic E-state index is 0.150. The number of hydrogen-bond donors (Lipinski definition) is 2. The van der Waals surface area contributed by atoms with Gasteiger partial charge in [-0.1, -0.05) is 31.5 Å². The molecule has 5 nitrogen and oxygen atoms in total. The Kier molecular flexibility index (Phi) is 4.79. The number of pyridine rings is 1. The van der Waals surface area contributed by atoms with Gasteiger partial charge in [-0.3, -0.25) is 14.6 Å². The standard InChI is InChI=1S/C19H22N2O3/c1-2-5-13(19(23)24)11-20-18(22)15-10-17(12-8-9-12)21-16-7-4-3-6-14(15)16/h3-4,6-7,10,12-13H,2,5,8-9,11H2,1H3,(H,20,22)(H,23,24). The van der Waals surface area contributed by atoms with Crippen molar-refractivity contribution in [3.63, 3.8) is 0 Å². The molecule has 1 fully saturated rings. The second-order valence-electron chi connectivity index (χ2n) is 6.42. The highest BCUT2D eigenvalue weighted by atomic mass is 16.4. The van der Waals surface area contributed by atoms with Crippen LogP contribution in [-0.4, -0.2) is 28.5 Å². The fourth-order valence-electron chi connectivity index (χ4n) is 2.94. The van der Waals surface area contributed by atoms with Gasteiger partial charge in [-0.05, 0) is 31.4 Å². The molecule has 1 atom stereocenters. The molecule has 2 N–H and O–H groups in total. The highest BCUT2D eigenvalue weighted by Crippen LogP contribution is 2.40. The first-order valence-corrected chi connectivity index (χ1v) is 8.50. The maximum absolute atomic E-state index is 12.7. The molecule has 1 amide bonds. The summed E-state index contributed by atoms with van der Waals surface area (Å²) in [5, 5.41) is 12.8. The van der Waals surface area contributed by atoms with Gasteiger partial charge >= 0.3 is 5.97 Å². The van der Waals surface area contributed by atoms with E-state index in [0.717, 1.165) is 35.9 Å². The Balaban J connectivity index is 1.84. The number of nitrogens with zero attached hydrogens (tertiary/aromatic N) is 1. The van der Waals surface area contributed by atoms with Gasteiger partial charge in [0, 0.05) is 23.5 Å². The van der Waals surface area contributed by atoms with Gasteiger partial charge in [0.1, 0.15) is 0 Å². The number of carbonyl (C=O) groups is 2. The Hall–Kier alpha value is -2.43. The lowest BCUT2D eigenvalue weighted by molar-refractivity contribution is -0.141. The Morgan fingerprint density at radius 3 is 2.75 bits per heavy atom. The average Bonchev–Trinajstić information content (AvgIpc) is 3.42. The fourth-order valence-corrected chi connectivity index (χ4v) is 2.94. The third-order valence-corrected chi connectivity index (χ3v) is 4.47. The highest BCUT2D eigenvalue weighted by molar-refractivity contribution is 6.06. The number of rotatable bonds is 7. The number of benzene rings is 1. The van der Waals surface area contributed by atoms with Gasteiger partial charge in [-0.2, -0.15) is 0 Å². The molecule has 0 spiro atoms. The molecule has 1 aliphatic rings. The van der Waals surface area contributed by atoms with Crippen LogP contribution < -0.4 is 5.32 Å². The number of aromatic nitrogens is 1.